The van der Waals surface area contributed by atoms with Crippen molar-refractivity contribution < 1.29 is 22.7 Å². The van der Waals surface area contributed by atoms with Gasteiger partial charge in [-0.25, -0.2) is 4.68 Å². The Morgan fingerprint density at radius 3 is 2.46 bits per heavy atom. The van der Waals surface area contributed by atoms with E-state index in [4.69, 9.17) is 16.6 Å². The maximum atomic E-state index is 12.3. The molecular formula is C17H11BrF2N2O3S. The summed E-state index contributed by atoms with van der Waals surface area (Å²) < 4.78 is 36.2. The van der Waals surface area contributed by atoms with E-state index < -0.39 is 6.61 Å². The van der Waals surface area contributed by atoms with Crippen molar-refractivity contribution in [1.82, 2.24) is 9.78 Å². The minimum absolute atomic E-state index is 0.0212. The molecule has 5 nitrogen and oxygen atoms in total. The van der Waals surface area contributed by atoms with Crippen LogP contribution in [0.25, 0.3) is 11.5 Å². The summed E-state index contributed by atoms with van der Waals surface area (Å²) in [7, 11) is 0. The van der Waals surface area contributed by atoms with E-state index in [0.29, 0.717) is 11.5 Å². The molecule has 9 heteroatoms. The van der Waals surface area contributed by atoms with Crippen molar-refractivity contribution in [3.63, 3.8) is 0 Å². The smallest absolute Gasteiger partial charge is 0.387 e. The molecule has 0 saturated carbocycles. The zero-order valence-corrected chi connectivity index (χ0v) is 15.5. The van der Waals surface area contributed by atoms with E-state index in [1.165, 1.54) is 28.9 Å². The molecule has 3 rings (SSSR count). The third-order valence-electron chi connectivity index (χ3n) is 3.39. The third kappa shape index (κ3) is 4.41. The van der Waals surface area contributed by atoms with Gasteiger partial charge in [0.15, 0.2) is 5.78 Å². The lowest BCUT2D eigenvalue weighted by Gasteiger charge is -2.05. The first-order valence-electron chi connectivity index (χ1n) is 7.34. The summed E-state index contributed by atoms with van der Waals surface area (Å²) in [6.07, 6.45) is 0. The van der Waals surface area contributed by atoms with Gasteiger partial charge < -0.3 is 9.15 Å². The Hall–Kier alpha value is -2.39. The predicted octanol–water partition coefficient (Wildman–Crippen LogP) is 5.12. The van der Waals surface area contributed by atoms with Gasteiger partial charge in [0.25, 0.3) is 4.84 Å². The molecule has 0 aliphatic carbocycles. The molecule has 0 amide bonds. The lowest BCUT2D eigenvalue weighted by atomic mass is 10.1. The summed E-state index contributed by atoms with van der Waals surface area (Å²) in [4.78, 5) is 12.4. The first-order valence-corrected chi connectivity index (χ1v) is 8.54. The monoisotopic (exact) mass is 440 g/mol. The molecular weight excluding hydrogens is 430 g/mol. The number of rotatable bonds is 6. The van der Waals surface area contributed by atoms with Crippen LogP contribution >= 0.6 is 28.1 Å². The van der Waals surface area contributed by atoms with Crippen molar-refractivity contribution >= 4 is 33.9 Å². The first-order chi connectivity index (χ1) is 12.4. The van der Waals surface area contributed by atoms with E-state index in [1.54, 1.807) is 12.1 Å². The van der Waals surface area contributed by atoms with Crippen molar-refractivity contribution in [3.8, 4) is 17.2 Å². The van der Waals surface area contributed by atoms with Crippen molar-refractivity contribution in [2.24, 2.45) is 0 Å². The van der Waals surface area contributed by atoms with Gasteiger partial charge in [0.1, 0.15) is 12.3 Å². The van der Waals surface area contributed by atoms with Gasteiger partial charge in [0.2, 0.25) is 5.89 Å². The first kappa shape index (κ1) is 18.4. The normalized spacial score (nSPS) is 10.9. The van der Waals surface area contributed by atoms with Crippen LogP contribution < -0.4 is 4.74 Å². The van der Waals surface area contributed by atoms with Gasteiger partial charge in [-0.15, -0.1) is 5.10 Å². The number of nitrogens with zero attached hydrogens (tertiary/aromatic N) is 2. The van der Waals surface area contributed by atoms with Gasteiger partial charge in [-0.2, -0.15) is 8.78 Å². The number of alkyl halides is 2. The van der Waals surface area contributed by atoms with Crippen LogP contribution in [0.2, 0.25) is 0 Å². The second-order valence-corrected chi connectivity index (χ2v) is 6.43. The minimum atomic E-state index is -2.91. The molecule has 2 aromatic carbocycles. The fraction of sp³-hybridized carbons (Fsp3) is 0.118. The number of ether oxygens (including phenoxy) is 1. The Labute approximate surface area is 160 Å². The number of Topliss-reactive ketones (excluding diaryl/α,β-unsaturated/α-hetero) is 1. The molecule has 26 heavy (non-hydrogen) atoms. The maximum absolute atomic E-state index is 12.3. The van der Waals surface area contributed by atoms with Crippen LogP contribution in [0, 0.1) is 4.84 Å². The third-order valence-corrected chi connectivity index (χ3v) is 4.22. The molecule has 1 heterocycles. The summed E-state index contributed by atoms with van der Waals surface area (Å²) in [5.74, 6) is -0.0107. The minimum Gasteiger partial charge on any atom is -0.435 e. The Morgan fingerprint density at radius 2 is 1.85 bits per heavy atom. The number of carbonyl (C=O) groups excluding carboxylic acids is 1. The number of aromatic nitrogens is 2. The fourth-order valence-electron chi connectivity index (χ4n) is 2.16. The molecule has 134 valence electrons. The standard InChI is InChI=1S/C17H11BrF2N2O3S/c18-12-5-1-11(2-6-12)15-21-22(17(26)25-15)9-14(23)10-3-7-13(8-4-10)24-16(19)20/h1-8,16H,9H2. The van der Waals surface area contributed by atoms with E-state index in [-0.39, 0.29) is 22.9 Å². The highest BCUT2D eigenvalue weighted by Gasteiger charge is 2.13. The van der Waals surface area contributed by atoms with E-state index in [1.807, 2.05) is 12.1 Å². The Balaban J connectivity index is 1.75. The second kappa shape index (κ2) is 7.88. The molecule has 0 N–H and O–H groups in total. The Bertz CT molecular complexity index is 969. The van der Waals surface area contributed by atoms with Crippen LogP contribution in [0.5, 0.6) is 5.75 Å². The van der Waals surface area contributed by atoms with Crippen molar-refractivity contribution in [2.75, 3.05) is 0 Å². The van der Waals surface area contributed by atoms with E-state index in [9.17, 15) is 13.6 Å². The van der Waals surface area contributed by atoms with E-state index in [0.717, 1.165) is 10.0 Å². The number of hydrogen-bond acceptors (Lipinski definition) is 5. The van der Waals surface area contributed by atoms with Crippen LogP contribution in [0.15, 0.2) is 57.4 Å². The van der Waals surface area contributed by atoms with Gasteiger partial charge in [-0.3, -0.25) is 4.79 Å². The number of halogens is 3. The molecule has 0 spiro atoms. The second-order valence-electron chi connectivity index (χ2n) is 5.16. The summed E-state index contributed by atoms with van der Waals surface area (Å²) in [6, 6.07) is 12.7. The SMILES string of the molecule is O=C(Cn1nc(-c2ccc(Br)cc2)oc1=S)c1ccc(OC(F)F)cc1. The molecule has 1 aromatic heterocycles. The summed E-state index contributed by atoms with van der Waals surface area (Å²) >= 11 is 8.45. The summed E-state index contributed by atoms with van der Waals surface area (Å²) in [5.41, 5.74) is 1.04. The molecule has 0 aliphatic heterocycles. The molecule has 0 atom stereocenters. The number of benzene rings is 2. The van der Waals surface area contributed by atoms with Crippen LogP contribution in [0.3, 0.4) is 0 Å². The van der Waals surface area contributed by atoms with Gasteiger partial charge in [-0.05, 0) is 60.7 Å². The molecule has 0 bridgehead atoms. The van der Waals surface area contributed by atoms with Crippen LogP contribution in [0.1, 0.15) is 10.4 Å². The molecule has 0 saturated heterocycles. The number of carbonyl (C=O) groups is 1. The number of hydrogen-bond donors (Lipinski definition) is 0. The topological polar surface area (TPSA) is 57.3 Å². The zero-order valence-electron chi connectivity index (χ0n) is 13.1. The molecule has 3 aromatic rings. The lowest BCUT2D eigenvalue weighted by Crippen LogP contribution is -2.12. The van der Waals surface area contributed by atoms with E-state index in [2.05, 4.69) is 25.8 Å². The molecule has 0 unspecified atom stereocenters. The lowest BCUT2D eigenvalue weighted by molar-refractivity contribution is -0.0498. The molecule has 0 aliphatic rings. The van der Waals surface area contributed by atoms with Crippen molar-refractivity contribution in [1.29, 1.82) is 0 Å². The highest BCUT2D eigenvalue weighted by Crippen LogP contribution is 2.21. The average molecular weight is 441 g/mol. The van der Waals surface area contributed by atoms with Crippen molar-refractivity contribution in [3.05, 3.63) is 63.4 Å². The largest absolute Gasteiger partial charge is 0.435 e. The quantitative estimate of drug-likeness (QED) is 0.393. The highest BCUT2D eigenvalue weighted by atomic mass is 79.9. The van der Waals surface area contributed by atoms with Gasteiger partial charge in [0, 0.05) is 15.6 Å². The summed E-state index contributed by atoms with van der Waals surface area (Å²) in [5, 5.41) is 4.22. The fourth-order valence-corrected chi connectivity index (χ4v) is 2.61. The molecule has 0 radical (unpaired) electrons. The van der Waals surface area contributed by atoms with Crippen LogP contribution in [0.4, 0.5) is 8.78 Å². The molecule has 0 fully saturated rings. The maximum Gasteiger partial charge on any atom is 0.387 e. The Kier molecular flexibility index (Phi) is 5.58. The van der Waals surface area contributed by atoms with Gasteiger partial charge >= 0.3 is 6.61 Å². The zero-order chi connectivity index (χ0) is 18.7. The summed E-state index contributed by atoms with van der Waals surface area (Å²) in [6.45, 7) is -3.05. The van der Waals surface area contributed by atoms with Gasteiger partial charge in [-0.1, -0.05) is 15.9 Å². The predicted molar refractivity (Wildman–Crippen MR) is 95.9 cm³/mol. The van der Waals surface area contributed by atoms with Crippen LogP contribution in [-0.2, 0) is 6.54 Å². The highest BCUT2D eigenvalue weighted by molar-refractivity contribution is 9.10. The Morgan fingerprint density at radius 1 is 1.19 bits per heavy atom. The van der Waals surface area contributed by atoms with E-state index >= 15 is 0 Å². The number of ketones is 1. The van der Waals surface area contributed by atoms with Crippen molar-refractivity contribution in [2.45, 2.75) is 13.2 Å². The van der Waals surface area contributed by atoms with Gasteiger partial charge in [0.05, 0.1) is 0 Å². The van der Waals surface area contributed by atoms with Crippen LogP contribution in [-0.4, -0.2) is 22.2 Å². The average Bonchev–Trinajstić information content (AvgIpc) is 2.96.